The molecule has 0 aromatic heterocycles. The summed E-state index contributed by atoms with van der Waals surface area (Å²) in [6.45, 7) is 0. The zero-order chi connectivity index (χ0) is 11.7. The van der Waals surface area contributed by atoms with Gasteiger partial charge in [-0.25, -0.2) is 9.38 Å². The Labute approximate surface area is 105 Å². The van der Waals surface area contributed by atoms with Gasteiger partial charge in [0.15, 0.2) is 0 Å². The molecule has 2 N–H and O–H groups in total. The highest BCUT2D eigenvalue weighted by atomic mass is 127. The van der Waals surface area contributed by atoms with Crippen molar-refractivity contribution in [2.45, 2.75) is 3.92 Å². The number of rotatable bonds is 1. The van der Waals surface area contributed by atoms with Gasteiger partial charge in [-0.15, -0.1) is 0 Å². The van der Waals surface area contributed by atoms with Crippen molar-refractivity contribution in [3.05, 3.63) is 35.6 Å². The van der Waals surface area contributed by atoms with Crippen molar-refractivity contribution in [1.29, 1.82) is 5.41 Å². The fourth-order valence-corrected chi connectivity index (χ4v) is 2.02. The van der Waals surface area contributed by atoms with Crippen molar-refractivity contribution in [3.63, 3.8) is 0 Å². The first-order valence-electron chi connectivity index (χ1n) is 4.46. The lowest BCUT2D eigenvalue weighted by molar-refractivity contribution is -0.118. The summed E-state index contributed by atoms with van der Waals surface area (Å²) in [6, 6.07) is 5.84. The van der Waals surface area contributed by atoms with Crippen molar-refractivity contribution in [3.8, 4) is 0 Å². The van der Waals surface area contributed by atoms with E-state index in [0.717, 1.165) is 0 Å². The second kappa shape index (κ2) is 4.28. The molecule has 16 heavy (non-hydrogen) atoms. The molecule has 0 bridgehead atoms. The highest BCUT2D eigenvalue weighted by Gasteiger charge is 2.28. The van der Waals surface area contributed by atoms with Crippen LogP contribution in [0.5, 0.6) is 0 Å². The Balaban J connectivity index is 2.47. The minimum atomic E-state index is -0.506. The fraction of sp³-hybridized carbons (Fsp3) is 0.100. The van der Waals surface area contributed by atoms with Crippen LogP contribution in [0, 0.1) is 11.2 Å². The molecule has 4 nitrogen and oxygen atoms in total. The number of hydrogen-bond donors (Lipinski definition) is 2. The smallest absolute Gasteiger partial charge is 0.245 e. The maximum Gasteiger partial charge on any atom is 0.245 e. The number of guanidine groups is 1. The third kappa shape index (κ3) is 2.11. The van der Waals surface area contributed by atoms with Gasteiger partial charge in [0.2, 0.25) is 11.9 Å². The van der Waals surface area contributed by atoms with E-state index in [1.54, 1.807) is 12.1 Å². The van der Waals surface area contributed by atoms with Gasteiger partial charge >= 0.3 is 0 Å². The number of carbonyl (C=O) groups is 1. The van der Waals surface area contributed by atoms with Gasteiger partial charge in [-0.05, 0) is 12.1 Å². The standard InChI is InChI=1S/C10H7FIN3O/c11-6-3-1-2-5(4-6)8-7(12)9(16)15-10(13)14-8/h1-4,7H,(H2,13,15,16). The molecule has 0 saturated heterocycles. The first-order valence-corrected chi connectivity index (χ1v) is 5.70. The molecule has 1 heterocycles. The van der Waals surface area contributed by atoms with Gasteiger partial charge in [0.25, 0.3) is 0 Å². The van der Waals surface area contributed by atoms with Crippen molar-refractivity contribution in [1.82, 2.24) is 5.32 Å². The highest BCUT2D eigenvalue weighted by molar-refractivity contribution is 14.1. The van der Waals surface area contributed by atoms with Crippen molar-refractivity contribution >= 4 is 40.2 Å². The minimum Gasteiger partial charge on any atom is -0.294 e. The average molecular weight is 331 g/mol. The molecule has 1 atom stereocenters. The third-order valence-electron chi connectivity index (χ3n) is 2.06. The number of hydrogen-bond acceptors (Lipinski definition) is 2. The maximum atomic E-state index is 13.0. The largest absolute Gasteiger partial charge is 0.294 e. The number of carbonyl (C=O) groups excluding carboxylic acids is 1. The molecule has 2 rings (SSSR count). The molecule has 1 aromatic rings. The number of nitrogens with zero attached hydrogens (tertiary/aromatic N) is 1. The number of benzene rings is 1. The Kier molecular flexibility index (Phi) is 2.99. The number of nitrogens with one attached hydrogen (secondary N) is 2. The van der Waals surface area contributed by atoms with Gasteiger partial charge in [0.05, 0.1) is 5.71 Å². The van der Waals surface area contributed by atoms with Crippen LogP contribution in [0.4, 0.5) is 4.39 Å². The molecule has 1 aliphatic heterocycles. The topological polar surface area (TPSA) is 65.3 Å². The van der Waals surface area contributed by atoms with E-state index >= 15 is 0 Å². The predicted octanol–water partition coefficient (Wildman–Crippen LogP) is 1.48. The number of alkyl halides is 1. The summed E-state index contributed by atoms with van der Waals surface area (Å²) in [6.07, 6.45) is 0. The molecule has 1 amide bonds. The van der Waals surface area contributed by atoms with Crippen LogP contribution in [0.15, 0.2) is 29.3 Å². The predicted molar refractivity (Wildman–Crippen MR) is 66.6 cm³/mol. The second-order valence-corrected chi connectivity index (χ2v) is 4.45. The zero-order valence-electron chi connectivity index (χ0n) is 8.00. The van der Waals surface area contributed by atoms with E-state index in [1.165, 1.54) is 12.1 Å². The van der Waals surface area contributed by atoms with Gasteiger partial charge < -0.3 is 0 Å². The SMILES string of the molecule is N=C1N=C(c2cccc(F)c2)C(I)C(=O)N1. The molecule has 0 aliphatic carbocycles. The monoisotopic (exact) mass is 331 g/mol. The number of halogens is 2. The zero-order valence-corrected chi connectivity index (χ0v) is 10.2. The van der Waals surface area contributed by atoms with Crippen LogP contribution < -0.4 is 5.32 Å². The lowest BCUT2D eigenvalue weighted by Gasteiger charge is -2.18. The minimum absolute atomic E-state index is 0.211. The van der Waals surface area contributed by atoms with Crippen molar-refractivity contribution in [2.75, 3.05) is 0 Å². The Morgan fingerprint density at radius 1 is 1.50 bits per heavy atom. The summed E-state index contributed by atoms with van der Waals surface area (Å²) in [5, 5.41) is 9.62. The molecule has 0 spiro atoms. The maximum absolute atomic E-state index is 13.0. The van der Waals surface area contributed by atoms with Crippen molar-refractivity contribution < 1.29 is 9.18 Å². The summed E-state index contributed by atoms with van der Waals surface area (Å²) in [4.78, 5) is 15.4. The van der Waals surface area contributed by atoms with Crippen LogP contribution in [0.3, 0.4) is 0 Å². The van der Waals surface area contributed by atoms with E-state index in [9.17, 15) is 9.18 Å². The Hall–Kier alpha value is -1.31. The second-order valence-electron chi connectivity index (χ2n) is 3.21. The molecule has 1 unspecified atom stereocenters. The number of aliphatic imine (C=N–C) groups is 1. The third-order valence-corrected chi connectivity index (χ3v) is 3.22. The van der Waals surface area contributed by atoms with E-state index < -0.39 is 3.92 Å². The molecule has 6 heteroatoms. The first-order chi connectivity index (χ1) is 7.58. The average Bonchev–Trinajstić information content (AvgIpc) is 2.23. The van der Waals surface area contributed by atoms with Crippen LogP contribution in [0.2, 0.25) is 0 Å². The summed E-state index contributed by atoms with van der Waals surface area (Å²) in [5.41, 5.74) is 0.938. The van der Waals surface area contributed by atoms with E-state index in [2.05, 4.69) is 10.3 Å². The Bertz CT molecular complexity index is 501. The quantitative estimate of drug-likeness (QED) is 0.594. The fourth-order valence-electron chi connectivity index (χ4n) is 1.37. The molecular formula is C10H7FIN3O. The molecule has 82 valence electrons. The van der Waals surface area contributed by atoms with Crippen LogP contribution in [-0.4, -0.2) is 21.5 Å². The highest BCUT2D eigenvalue weighted by Crippen LogP contribution is 2.16. The van der Waals surface area contributed by atoms with Crippen molar-refractivity contribution in [2.24, 2.45) is 4.99 Å². The Morgan fingerprint density at radius 3 is 2.94 bits per heavy atom. The van der Waals surface area contributed by atoms with Gasteiger partial charge in [-0.1, -0.05) is 34.7 Å². The van der Waals surface area contributed by atoms with Gasteiger partial charge in [0, 0.05) is 5.56 Å². The van der Waals surface area contributed by atoms with E-state index in [4.69, 9.17) is 5.41 Å². The first kappa shape index (κ1) is 11.2. The lowest BCUT2D eigenvalue weighted by Crippen LogP contribution is -2.44. The molecule has 0 saturated carbocycles. The molecular weight excluding hydrogens is 324 g/mol. The molecule has 0 radical (unpaired) electrons. The lowest BCUT2D eigenvalue weighted by atomic mass is 10.1. The summed E-state index contributed by atoms with van der Waals surface area (Å²) < 4.78 is 12.5. The van der Waals surface area contributed by atoms with Crippen LogP contribution >= 0.6 is 22.6 Å². The molecule has 0 fully saturated rings. The van der Waals surface area contributed by atoms with E-state index in [-0.39, 0.29) is 17.7 Å². The van der Waals surface area contributed by atoms with Gasteiger partial charge in [-0.2, -0.15) is 0 Å². The molecule has 1 aromatic carbocycles. The summed E-state index contributed by atoms with van der Waals surface area (Å²) in [5.74, 6) is -0.904. The van der Waals surface area contributed by atoms with E-state index in [0.29, 0.717) is 11.3 Å². The Morgan fingerprint density at radius 2 is 2.25 bits per heavy atom. The number of amides is 1. The summed E-state index contributed by atoms with van der Waals surface area (Å²) in [7, 11) is 0. The van der Waals surface area contributed by atoms with Gasteiger partial charge in [0.1, 0.15) is 9.74 Å². The van der Waals surface area contributed by atoms with Crippen LogP contribution in [0.25, 0.3) is 0 Å². The molecule has 1 aliphatic rings. The van der Waals surface area contributed by atoms with Crippen LogP contribution in [-0.2, 0) is 4.79 Å². The van der Waals surface area contributed by atoms with Crippen LogP contribution in [0.1, 0.15) is 5.56 Å². The summed E-state index contributed by atoms with van der Waals surface area (Å²) >= 11 is 1.91. The van der Waals surface area contributed by atoms with E-state index in [1.807, 2.05) is 22.6 Å². The van der Waals surface area contributed by atoms with Gasteiger partial charge in [-0.3, -0.25) is 15.5 Å². The normalized spacial score (nSPS) is 20.4.